The number of hydrogen-bond acceptors (Lipinski definition) is 4. The minimum atomic E-state index is 0.831. The number of aromatic nitrogens is 3. The van der Waals surface area contributed by atoms with Crippen molar-refractivity contribution in [3.8, 4) is 0 Å². The van der Waals surface area contributed by atoms with Crippen LogP contribution in [0, 0.1) is 13.8 Å². The second kappa shape index (κ2) is 5.39. The third-order valence-electron chi connectivity index (χ3n) is 2.63. The molecule has 0 fully saturated rings. The summed E-state index contributed by atoms with van der Waals surface area (Å²) >= 11 is 0. The maximum Gasteiger partial charge on any atom is 0.144 e. The summed E-state index contributed by atoms with van der Waals surface area (Å²) in [5, 5.41) is 3.26. The number of nitrogens with zero attached hydrogens (tertiary/aromatic N) is 3. The van der Waals surface area contributed by atoms with Crippen molar-refractivity contribution in [2.75, 3.05) is 11.9 Å². The summed E-state index contributed by atoms with van der Waals surface area (Å²) in [4.78, 5) is 12.8. The van der Waals surface area contributed by atoms with Crippen molar-refractivity contribution in [2.24, 2.45) is 0 Å². The SMILES string of the molecule is Cc1ncc(NCCc2cccnc2)nc1C. The van der Waals surface area contributed by atoms with E-state index in [1.165, 1.54) is 5.56 Å². The van der Waals surface area contributed by atoms with E-state index in [9.17, 15) is 0 Å². The van der Waals surface area contributed by atoms with Crippen LogP contribution in [0.2, 0.25) is 0 Å². The Hall–Kier alpha value is -1.97. The maximum atomic E-state index is 4.41. The minimum absolute atomic E-state index is 0.831. The highest BCUT2D eigenvalue weighted by Crippen LogP contribution is 2.06. The molecule has 0 aliphatic carbocycles. The molecule has 88 valence electrons. The lowest BCUT2D eigenvalue weighted by Crippen LogP contribution is -2.08. The van der Waals surface area contributed by atoms with Gasteiger partial charge in [-0.25, -0.2) is 4.98 Å². The van der Waals surface area contributed by atoms with Crippen LogP contribution in [0.1, 0.15) is 17.0 Å². The number of hydrogen-bond donors (Lipinski definition) is 1. The molecule has 0 unspecified atom stereocenters. The molecule has 0 atom stereocenters. The zero-order valence-electron chi connectivity index (χ0n) is 10.1. The van der Waals surface area contributed by atoms with Gasteiger partial charge in [0.2, 0.25) is 0 Å². The predicted molar refractivity (Wildman–Crippen MR) is 67.9 cm³/mol. The van der Waals surface area contributed by atoms with Crippen molar-refractivity contribution in [2.45, 2.75) is 20.3 Å². The van der Waals surface area contributed by atoms with Crippen molar-refractivity contribution >= 4 is 5.82 Å². The van der Waals surface area contributed by atoms with Gasteiger partial charge < -0.3 is 5.32 Å². The van der Waals surface area contributed by atoms with E-state index in [-0.39, 0.29) is 0 Å². The third kappa shape index (κ3) is 3.24. The van der Waals surface area contributed by atoms with Crippen molar-refractivity contribution in [3.05, 3.63) is 47.7 Å². The zero-order valence-corrected chi connectivity index (χ0v) is 10.1. The lowest BCUT2D eigenvalue weighted by atomic mass is 10.2. The van der Waals surface area contributed by atoms with Crippen LogP contribution in [0.5, 0.6) is 0 Å². The molecule has 0 aliphatic rings. The highest BCUT2D eigenvalue weighted by molar-refractivity contribution is 5.33. The summed E-state index contributed by atoms with van der Waals surface area (Å²) in [5.74, 6) is 0.831. The Labute approximate surface area is 101 Å². The molecule has 0 saturated carbocycles. The van der Waals surface area contributed by atoms with Gasteiger partial charge in [-0.2, -0.15) is 0 Å². The highest BCUT2D eigenvalue weighted by atomic mass is 15.0. The number of pyridine rings is 1. The Kier molecular flexibility index (Phi) is 3.65. The lowest BCUT2D eigenvalue weighted by molar-refractivity contribution is 0.970. The number of aryl methyl sites for hydroxylation is 2. The minimum Gasteiger partial charge on any atom is -0.368 e. The summed E-state index contributed by atoms with van der Waals surface area (Å²) in [6.07, 6.45) is 6.37. The molecule has 0 spiro atoms. The van der Waals surface area contributed by atoms with E-state index in [0.717, 1.165) is 30.2 Å². The molecular weight excluding hydrogens is 212 g/mol. The van der Waals surface area contributed by atoms with E-state index in [2.05, 4.69) is 26.3 Å². The predicted octanol–water partition coefficient (Wildman–Crippen LogP) is 2.14. The first-order valence-electron chi connectivity index (χ1n) is 5.69. The molecule has 2 aromatic rings. The lowest BCUT2D eigenvalue weighted by Gasteiger charge is -2.06. The van der Waals surface area contributed by atoms with Gasteiger partial charge in [0.25, 0.3) is 0 Å². The quantitative estimate of drug-likeness (QED) is 0.871. The van der Waals surface area contributed by atoms with Gasteiger partial charge >= 0.3 is 0 Å². The largest absolute Gasteiger partial charge is 0.368 e. The van der Waals surface area contributed by atoms with E-state index in [0.29, 0.717) is 0 Å². The molecule has 1 N–H and O–H groups in total. The first kappa shape index (κ1) is 11.5. The topological polar surface area (TPSA) is 50.7 Å². The van der Waals surface area contributed by atoms with Crippen LogP contribution in [0.3, 0.4) is 0 Å². The van der Waals surface area contributed by atoms with Crippen LogP contribution < -0.4 is 5.32 Å². The summed E-state index contributed by atoms with van der Waals surface area (Å²) in [7, 11) is 0. The zero-order chi connectivity index (χ0) is 12.1. The number of nitrogens with one attached hydrogen (secondary N) is 1. The Balaban J connectivity index is 1.88. The molecule has 0 bridgehead atoms. The Morgan fingerprint density at radius 1 is 1.18 bits per heavy atom. The normalized spacial score (nSPS) is 10.2. The van der Waals surface area contributed by atoms with Crippen LogP contribution >= 0.6 is 0 Å². The van der Waals surface area contributed by atoms with Crippen LogP contribution in [0.15, 0.2) is 30.7 Å². The van der Waals surface area contributed by atoms with Gasteiger partial charge in [-0.1, -0.05) is 6.07 Å². The van der Waals surface area contributed by atoms with Crippen LogP contribution in [0.25, 0.3) is 0 Å². The molecule has 0 amide bonds. The van der Waals surface area contributed by atoms with Gasteiger partial charge in [-0.15, -0.1) is 0 Å². The van der Waals surface area contributed by atoms with Gasteiger partial charge in [-0.3, -0.25) is 9.97 Å². The second-order valence-electron chi connectivity index (χ2n) is 3.96. The fraction of sp³-hybridized carbons (Fsp3) is 0.308. The third-order valence-corrected chi connectivity index (χ3v) is 2.63. The van der Waals surface area contributed by atoms with Gasteiger partial charge in [0.1, 0.15) is 5.82 Å². The van der Waals surface area contributed by atoms with E-state index in [1.54, 1.807) is 12.4 Å². The molecule has 17 heavy (non-hydrogen) atoms. The van der Waals surface area contributed by atoms with Crippen molar-refractivity contribution < 1.29 is 0 Å². The standard InChI is InChI=1S/C13H16N4/c1-10-11(2)17-13(9-16-10)15-7-5-12-4-3-6-14-8-12/h3-4,6,8-9H,5,7H2,1-2H3,(H,15,17). The van der Waals surface area contributed by atoms with Gasteiger partial charge in [0.05, 0.1) is 17.6 Å². The van der Waals surface area contributed by atoms with Crippen molar-refractivity contribution in [1.82, 2.24) is 15.0 Å². The Morgan fingerprint density at radius 3 is 2.76 bits per heavy atom. The molecular formula is C13H16N4. The number of rotatable bonds is 4. The molecule has 0 aromatic carbocycles. The molecule has 0 aliphatic heterocycles. The van der Waals surface area contributed by atoms with Crippen molar-refractivity contribution in [3.63, 3.8) is 0 Å². The molecule has 0 radical (unpaired) electrons. The van der Waals surface area contributed by atoms with Gasteiger partial charge in [0, 0.05) is 18.9 Å². The summed E-state index contributed by atoms with van der Waals surface area (Å²) in [6, 6.07) is 4.02. The van der Waals surface area contributed by atoms with E-state index < -0.39 is 0 Å². The summed E-state index contributed by atoms with van der Waals surface area (Å²) in [5.41, 5.74) is 3.16. The Morgan fingerprint density at radius 2 is 2.06 bits per heavy atom. The maximum absolute atomic E-state index is 4.41. The van der Waals surface area contributed by atoms with Crippen molar-refractivity contribution in [1.29, 1.82) is 0 Å². The monoisotopic (exact) mass is 228 g/mol. The molecule has 2 heterocycles. The highest BCUT2D eigenvalue weighted by Gasteiger charge is 1.98. The van der Waals surface area contributed by atoms with Gasteiger partial charge in [-0.05, 0) is 31.9 Å². The molecule has 2 rings (SSSR count). The summed E-state index contributed by atoms with van der Waals surface area (Å²) < 4.78 is 0. The van der Waals surface area contributed by atoms with Crippen LogP contribution in [-0.2, 0) is 6.42 Å². The first-order valence-corrected chi connectivity index (χ1v) is 5.69. The molecule has 0 saturated heterocycles. The molecule has 2 aromatic heterocycles. The second-order valence-corrected chi connectivity index (χ2v) is 3.96. The van der Waals surface area contributed by atoms with Crippen LogP contribution in [0.4, 0.5) is 5.82 Å². The summed E-state index contributed by atoms with van der Waals surface area (Å²) in [6.45, 7) is 4.76. The van der Waals surface area contributed by atoms with E-state index in [4.69, 9.17) is 0 Å². The fourth-order valence-corrected chi connectivity index (χ4v) is 1.51. The average Bonchev–Trinajstić information content (AvgIpc) is 2.35. The Bertz CT molecular complexity index is 482. The average molecular weight is 228 g/mol. The van der Waals surface area contributed by atoms with Crippen LogP contribution in [-0.4, -0.2) is 21.5 Å². The molecule has 4 nitrogen and oxygen atoms in total. The van der Waals surface area contributed by atoms with E-state index in [1.807, 2.05) is 26.1 Å². The fourth-order valence-electron chi connectivity index (χ4n) is 1.51. The first-order chi connectivity index (χ1) is 8.25. The number of anilines is 1. The smallest absolute Gasteiger partial charge is 0.144 e. The molecule has 4 heteroatoms. The van der Waals surface area contributed by atoms with Gasteiger partial charge in [0.15, 0.2) is 0 Å². The van der Waals surface area contributed by atoms with E-state index >= 15 is 0 Å².